The van der Waals surface area contributed by atoms with Crippen LogP contribution < -0.4 is 5.19 Å². The highest BCUT2D eigenvalue weighted by Crippen LogP contribution is 2.29. The fourth-order valence-corrected chi connectivity index (χ4v) is 6.88. The molecule has 1 fully saturated rings. The molecular weight excluding hydrogens is 316 g/mol. The SMILES string of the molecule is CC(C)=CCC/C(=C/CC1CCCCC1)C[Si](C)(C)c1ccccc1. The van der Waals surface area contributed by atoms with E-state index in [0.29, 0.717) is 0 Å². The van der Waals surface area contributed by atoms with Gasteiger partial charge in [0, 0.05) is 0 Å². The summed E-state index contributed by atoms with van der Waals surface area (Å²) in [7, 11) is -1.40. The van der Waals surface area contributed by atoms with Crippen molar-refractivity contribution in [1.29, 1.82) is 0 Å². The molecule has 0 radical (unpaired) electrons. The van der Waals surface area contributed by atoms with Gasteiger partial charge in [-0.2, -0.15) is 0 Å². The van der Waals surface area contributed by atoms with Crippen LogP contribution in [0.3, 0.4) is 0 Å². The van der Waals surface area contributed by atoms with Gasteiger partial charge in [0.25, 0.3) is 0 Å². The maximum absolute atomic E-state index is 2.65. The lowest BCUT2D eigenvalue weighted by molar-refractivity contribution is 0.361. The van der Waals surface area contributed by atoms with Crippen LogP contribution in [0.4, 0.5) is 0 Å². The third kappa shape index (κ3) is 7.36. The molecule has 1 aliphatic carbocycles. The summed E-state index contributed by atoms with van der Waals surface area (Å²) in [5.74, 6) is 0.953. The summed E-state index contributed by atoms with van der Waals surface area (Å²) in [5, 5.41) is 1.60. The van der Waals surface area contributed by atoms with Gasteiger partial charge in [-0.25, -0.2) is 0 Å². The van der Waals surface area contributed by atoms with Crippen molar-refractivity contribution < 1.29 is 0 Å². The molecule has 138 valence electrons. The summed E-state index contributed by atoms with van der Waals surface area (Å²) in [6.45, 7) is 9.51. The second kappa shape index (κ2) is 10.2. The number of hydrogen-bond donors (Lipinski definition) is 0. The molecule has 0 unspecified atom stereocenters. The lowest BCUT2D eigenvalue weighted by Crippen LogP contribution is -2.41. The van der Waals surface area contributed by atoms with Crippen LogP contribution in [-0.4, -0.2) is 8.07 Å². The van der Waals surface area contributed by atoms with Crippen molar-refractivity contribution in [1.82, 2.24) is 0 Å². The van der Waals surface area contributed by atoms with E-state index in [-0.39, 0.29) is 0 Å². The Bertz CT molecular complexity index is 555. The van der Waals surface area contributed by atoms with Crippen molar-refractivity contribution in [2.24, 2.45) is 5.92 Å². The van der Waals surface area contributed by atoms with Crippen LogP contribution >= 0.6 is 0 Å². The van der Waals surface area contributed by atoms with Crippen LogP contribution in [0.15, 0.2) is 53.6 Å². The predicted molar refractivity (Wildman–Crippen MR) is 116 cm³/mol. The summed E-state index contributed by atoms with van der Waals surface area (Å²) < 4.78 is 0. The lowest BCUT2D eigenvalue weighted by Gasteiger charge is -2.26. The molecule has 1 aliphatic rings. The molecule has 0 amide bonds. The Balaban J connectivity index is 2.05. The van der Waals surface area contributed by atoms with Gasteiger partial charge in [0.2, 0.25) is 0 Å². The van der Waals surface area contributed by atoms with Gasteiger partial charge in [-0.3, -0.25) is 0 Å². The van der Waals surface area contributed by atoms with Crippen LogP contribution in [0.1, 0.15) is 65.2 Å². The normalized spacial score (nSPS) is 16.7. The number of rotatable bonds is 8. The van der Waals surface area contributed by atoms with E-state index in [1.807, 2.05) is 0 Å². The van der Waals surface area contributed by atoms with E-state index in [0.717, 1.165) is 5.92 Å². The average molecular weight is 355 g/mol. The Morgan fingerprint density at radius 2 is 1.68 bits per heavy atom. The van der Waals surface area contributed by atoms with Gasteiger partial charge >= 0.3 is 0 Å². The van der Waals surface area contributed by atoms with Crippen molar-refractivity contribution in [3.63, 3.8) is 0 Å². The minimum Gasteiger partial charge on any atom is -0.0856 e. The molecule has 0 saturated heterocycles. The summed E-state index contributed by atoms with van der Waals surface area (Å²) in [6, 6.07) is 12.6. The first-order valence-electron chi connectivity index (χ1n) is 10.3. The van der Waals surface area contributed by atoms with Crippen molar-refractivity contribution >= 4 is 13.3 Å². The zero-order chi connectivity index (χ0) is 18.1. The fourth-order valence-electron chi connectivity index (χ4n) is 4.12. The summed E-state index contributed by atoms with van der Waals surface area (Å²) in [4.78, 5) is 0. The third-order valence-electron chi connectivity index (χ3n) is 5.71. The van der Waals surface area contributed by atoms with Crippen LogP contribution in [0.5, 0.6) is 0 Å². The van der Waals surface area contributed by atoms with Gasteiger partial charge in [0.05, 0.1) is 8.07 Å². The monoisotopic (exact) mass is 354 g/mol. The summed E-state index contributed by atoms with van der Waals surface area (Å²) in [6.07, 6.45) is 16.1. The van der Waals surface area contributed by atoms with E-state index < -0.39 is 8.07 Å². The predicted octanol–water partition coefficient (Wildman–Crippen LogP) is 7.25. The van der Waals surface area contributed by atoms with Crippen LogP contribution in [-0.2, 0) is 0 Å². The first kappa shape index (κ1) is 20.2. The summed E-state index contributed by atoms with van der Waals surface area (Å²) >= 11 is 0. The van der Waals surface area contributed by atoms with E-state index in [9.17, 15) is 0 Å². The second-order valence-corrected chi connectivity index (χ2v) is 13.5. The van der Waals surface area contributed by atoms with Crippen LogP contribution in [0, 0.1) is 5.92 Å². The van der Waals surface area contributed by atoms with E-state index in [4.69, 9.17) is 0 Å². The van der Waals surface area contributed by atoms with Crippen LogP contribution in [0.25, 0.3) is 0 Å². The molecule has 1 heteroatoms. The minimum absolute atomic E-state index is 0.953. The van der Waals surface area contributed by atoms with Crippen molar-refractivity contribution in [3.05, 3.63) is 53.6 Å². The zero-order valence-corrected chi connectivity index (χ0v) is 18.0. The van der Waals surface area contributed by atoms with E-state index in [2.05, 4.69) is 69.4 Å². The minimum atomic E-state index is -1.40. The molecule has 0 nitrogen and oxygen atoms in total. The standard InChI is InChI=1S/C24H38Si/c1-21(2)12-11-15-23(19-18-22-13-7-5-8-14-22)20-25(3,4)24-16-9-6-10-17-24/h6,9-10,12,16-17,19,22H,5,7-8,11,13-15,18,20H2,1-4H3/b23-19-. The van der Waals surface area contributed by atoms with Gasteiger partial charge in [-0.1, -0.05) is 104 Å². The molecule has 1 aromatic carbocycles. The molecule has 0 spiro atoms. The van der Waals surface area contributed by atoms with Crippen molar-refractivity contribution in [2.75, 3.05) is 0 Å². The molecule has 1 aromatic rings. The van der Waals surface area contributed by atoms with E-state index >= 15 is 0 Å². The first-order chi connectivity index (χ1) is 12.0. The Morgan fingerprint density at radius 3 is 2.32 bits per heavy atom. The summed E-state index contributed by atoms with van der Waals surface area (Å²) in [5.41, 5.74) is 3.18. The quantitative estimate of drug-likeness (QED) is 0.341. The molecule has 0 atom stereocenters. The zero-order valence-electron chi connectivity index (χ0n) is 17.0. The highest BCUT2D eigenvalue weighted by Gasteiger charge is 2.24. The smallest absolute Gasteiger partial charge is 0.0845 e. The molecule has 1 saturated carbocycles. The fraction of sp³-hybridized carbons (Fsp3) is 0.583. The topological polar surface area (TPSA) is 0 Å². The second-order valence-electron chi connectivity index (χ2n) is 8.85. The Kier molecular flexibility index (Phi) is 8.22. The highest BCUT2D eigenvalue weighted by atomic mass is 28.3. The van der Waals surface area contributed by atoms with Gasteiger partial charge in [-0.05, 0) is 45.1 Å². The largest absolute Gasteiger partial charge is 0.0856 e. The van der Waals surface area contributed by atoms with Crippen LogP contribution in [0.2, 0.25) is 19.1 Å². The number of allylic oxidation sites excluding steroid dienone is 4. The molecule has 25 heavy (non-hydrogen) atoms. The molecule has 2 rings (SSSR count). The van der Waals surface area contributed by atoms with Crippen molar-refractivity contribution in [2.45, 2.75) is 84.4 Å². The van der Waals surface area contributed by atoms with E-state index in [1.54, 1.807) is 10.8 Å². The maximum atomic E-state index is 2.65. The van der Waals surface area contributed by atoms with Gasteiger partial charge in [0.1, 0.15) is 0 Å². The lowest BCUT2D eigenvalue weighted by atomic mass is 9.86. The number of hydrogen-bond acceptors (Lipinski definition) is 0. The molecule has 0 aromatic heterocycles. The Hall–Kier alpha value is -1.08. The van der Waals surface area contributed by atoms with Gasteiger partial charge in [-0.15, -0.1) is 0 Å². The highest BCUT2D eigenvalue weighted by molar-refractivity contribution is 6.90. The van der Waals surface area contributed by atoms with Crippen molar-refractivity contribution in [3.8, 4) is 0 Å². The molecule has 0 bridgehead atoms. The van der Waals surface area contributed by atoms with E-state index in [1.165, 1.54) is 63.0 Å². The first-order valence-corrected chi connectivity index (χ1v) is 13.5. The average Bonchev–Trinajstić information content (AvgIpc) is 2.61. The van der Waals surface area contributed by atoms with Gasteiger partial charge < -0.3 is 0 Å². The molecule has 0 heterocycles. The molecule has 0 N–H and O–H groups in total. The third-order valence-corrected chi connectivity index (χ3v) is 8.94. The Labute approximate surface area is 157 Å². The molecular formula is C24H38Si. The van der Waals surface area contributed by atoms with Gasteiger partial charge in [0.15, 0.2) is 0 Å². The Morgan fingerprint density at radius 1 is 1.00 bits per heavy atom. The molecule has 0 aliphatic heterocycles. The number of benzene rings is 1. The maximum Gasteiger partial charge on any atom is 0.0845 e.